The molecule has 2 rings (SSSR count). The fourth-order valence-corrected chi connectivity index (χ4v) is 1.86. The maximum Gasteiger partial charge on any atom is 0.160 e. The summed E-state index contributed by atoms with van der Waals surface area (Å²) in [5, 5.41) is 0.702. The Kier molecular flexibility index (Phi) is 2.98. The molecular formula is C10H6ClIN2. The van der Waals surface area contributed by atoms with Crippen LogP contribution in [-0.2, 0) is 0 Å². The zero-order valence-electron chi connectivity index (χ0n) is 7.11. The largest absolute Gasteiger partial charge is 0.237 e. The second kappa shape index (κ2) is 4.23. The monoisotopic (exact) mass is 316 g/mol. The van der Waals surface area contributed by atoms with Crippen LogP contribution in [0.25, 0.3) is 11.4 Å². The van der Waals surface area contributed by atoms with Gasteiger partial charge in [-0.3, -0.25) is 0 Å². The minimum atomic E-state index is 0.702. The maximum atomic E-state index is 5.91. The van der Waals surface area contributed by atoms with Crippen LogP contribution < -0.4 is 0 Å². The average molecular weight is 317 g/mol. The molecule has 0 saturated carbocycles. The summed E-state index contributed by atoms with van der Waals surface area (Å²) in [6.45, 7) is 0. The molecule has 0 radical (unpaired) electrons. The van der Waals surface area contributed by atoms with E-state index in [0.29, 0.717) is 10.8 Å². The Labute approximate surface area is 100 Å². The topological polar surface area (TPSA) is 25.8 Å². The summed E-state index contributed by atoms with van der Waals surface area (Å²) in [6, 6.07) is 7.48. The normalized spacial score (nSPS) is 10.1. The molecule has 2 nitrogen and oxygen atoms in total. The molecule has 0 aliphatic carbocycles. The number of nitrogens with zero attached hydrogens (tertiary/aromatic N) is 2. The first-order chi connectivity index (χ1) is 6.77. The molecule has 0 fully saturated rings. The van der Waals surface area contributed by atoms with Crippen LogP contribution in [0.5, 0.6) is 0 Å². The first-order valence-electron chi connectivity index (χ1n) is 4.00. The summed E-state index contributed by atoms with van der Waals surface area (Å²) in [5.74, 6) is 0.708. The number of benzene rings is 1. The van der Waals surface area contributed by atoms with Gasteiger partial charge in [-0.05, 0) is 46.9 Å². The van der Waals surface area contributed by atoms with E-state index >= 15 is 0 Å². The van der Waals surface area contributed by atoms with Crippen molar-refractivity contribution in [1.29, 1.82) is 0 Å². The fourth-order valence-electron chi connectivity index (χ4n) is 1.11. The second-order valence-electron chi connectivity index (χ2n) is 2.70. The fraction of sp³-hybridized carbons (Fsp3) is 0. The van der Waals surface area contributed by atoms with Crippen molar-refractivity contribution in [2.24, 2.45) is 0 Å². The van der Waals surface area contributed by atoms with Gasteiger partial charge >= 0.3 is 0 Å². The van der Waals surface area contributed by atoms with Gasteiger partial charge in [-0.1, -0.05) is 11.6 Å². The van der Waals surface area contributed by atoms with Crippen molar-refractivity contribution in [3.05, 3.63) is 45.3 Å². The van der Waals surface area contributed by atoms with Crippen LogP contribution >= 0.6 is 34.2 Å². The average Bonchev–Trinajstić information content (AvgIpc) is 2.23. The van der Waals surface area contributed by atoms with Gasteiger partial charge < -0.3 is 0 Å². The van der Waals surface area contributed by atoms with Crippen LogP contribution in [0.4, 0.5) is 0 Å². The van der Waals surface area contributed by atoms with Crippen molar-refractivity contribution in [3.8, 4) is 11.4 Å². The van der Waals surface area contributed by atoms with Gasteiger partial charge in [0.15, 0.2) is 5.82 Å². The smallest absolute Gasteiger partial charge is 0.160 e. The van der Waals surface area contributed by atoms with Crippen LogP contribution in [-0.4, -0.2) is 9.97 Å². The molecule has 0 N–H and O–H groups in total. The Morgan fingerprint density at radius 1 is 1.14 bits per heavy atom. The van der Waals surface area contributed by atoms with E-state index in [-0.39, 0.29) is 0 Å². The number of hydrogen-bond donors (Lipinski definition) is 0. The van der Waals surface area contributed by atoms with Gasteiger partial charge in [0.1, 0.15) is 0 Å². The third-order valence-corrected chi connectivity index (χ3v) is 2.91. The summed E-state index contributed by atoms with van der Waals surface area (Å²) in [5.41, 5.74) is 0.971. The van der Waals surface area contributed by atoms with E-state index in [9.17, 15) is 0 Å². The van der Waals surface area contributed by atoms with Gasteiger partial charge in [0.05, 0.1) is 0 Å². The highest BCUT2D eigenvalue weighted by Crippen LogP contribution is 2.24. The lowest BCUT2D eigenvalue weighted by Crippen LogP contribution is -1.89. The molecule has 4 heteroatoms. The van der Waals surface area contributed by atoms with E-state index in [2.05, 4.69) is 32.6 Å². The summed E-state index contributed by atoms with van der Waals surface area (Å²) >= 11 is 8.15. The van der Waals surface area contributed by atoms with Crippen LogP contribution in [0.3, 0.4) is 0 Å². The van der Waals surface area contributed by atoms with E-state index in [1.165, 1.54) is 0 Å². The van der Waals surface area contributed by atoms with Gasteiger partial charge in [0.2, 0.25) is 0 Å². The number of hydrogen-bond acceptors (Lipinski definition) is 2. The molecule has 1 aromatic heterocycles. The van der Waals surface area contributed by atoms with Crippen molar-refractivity contribution >= 4 is 34.2 Å². The molecule has 1 heterocycles. The molecule has 0 aliphatic rings. The third kappa shape index (κ3) is 2.04. The zero-order chi connectivity index (χ0) is 9.97. The molecule has 14 heavy (non-hydrogen) atoms. The van der Waals surface area contributed by atoms with Crippen LogP contribution in [0.15, 0.2) is 36.7 Å². The summed E-state index contributed by atoms with van der Waals surface area (Å²) in [4.78, 5) is 8.35. The zero-order valence-corrected chi connectivity index (χ0v) is 10.0. The van der Waals surface area contributed by atoms with Crippen LogP contribution in [0.1, 0.15) is 0 Å². The summed E-state index contributed by atoms with van der Waals surface area (Å²) in [7, 11) is 0. The Morgan fingerprint density at radius 2 is 1.86 bits per heavy atom. The predicted octanol–water partition coefficient (Wildman–Crippen LogP) is 3.40. The van der Waals surface area contributed by atoms with E-state index in [1.54, 1.807) is 18.5 Å². The quantitative estimate of drug-likeness (QED) is 0.754. The Morgan fingerprint density at radius 3 is 2.57 bits per heavy atom. The molecule has 0 amide bonds. The Bertz CT molecular complexity index is 445. The summed E-state index contributed by atoms with van der Waals surface area (Å²) < 4.78 is 1.10. The molecule has 0 unspecified atom stereocenters. The molecule has 0 saturated heterocycles. The lowest BCUT2D eigenvalue weighted by Gasteiger charge is -2.02. The maximum absolute atomic E-state index is 5.91. The van der Waals surface area contributed by atoms with Crippen molar-refractivity contribution in [2.45, 2.75) is 0 Å². The Hall–Kier alpha value is -0.680. The molecule has 1 aromatic carbocycles. The second-order valence-corrected chi connectivity index (χ2v) is 4.30. The minimum Gasteiger partial charge on any atom is -0.237 e. The van der Waals surface area contributed by atoms with Crippen molar-refractivity contribution in [2.75, 3.05) is 0 Å². The first-order valence-corrected chi connectivity index (χ1v) is 5.45. The lowest BCUT2D eigenvalue weighted by molar-refractivity contribution is 1.17. The van der Waals surface area contributed by atoms with E-state index in [0.717, 1.165) is 9.13 Å². The number of rotatable bonds is 1. The molecule has 0 aliphatic heterocycles. The molecule has 70 valence electrons. The van der Waals surface area contributed by atoms with Crippen LogP contribution in [0.2, 0.25) is 5.02 Å². The van der Waals surface area contributed by atoms with Crippen molar-refractivity contribution < 1.29 is 0 Å². The highest BCUT2D eigenvalue weighted by molar-refractivity contribution is 14.1. The van der Waals surface area contributed by atoms with Crippen LogP contribution in [0, 0.1) is 3.57 Å². The third-order valence-electron chi connectivity index (χ3n) is 1.74. The predicted molar refractivity (Wildman–Crippen MR) is 65.2 cm³/mol. The molecular weight excluding hydrogens is 310 g/mol. The minimum absolute atomic E-state index is 0.702. The van der Waals surface area contributed by atoms with Gasteiger partial charge in [-0.15, -0.1) is 0 Å². The van der Waals surface area contributed by atoms with E-state index < -0.39 is 0 Å². The summed E-state index contributed by atoms with van der Waals surface area (Å²) in [6.07, 6.45) is 3.44. The lowest BCUT2D eigenvalue weighted by atomic mass is 10.2. The standard InChI is InChI=1S/C10H6ClIN2/c11-7-2-3-9(12)8(6-7)10-13-4-1-5-14-10/h1-6H. The molecule has 2 aromatic rings. The van der Waals surface area contributed by atoms with Gasteiger partial charge in [-0.2, -0.15) is 0 Å². The Balaban J connectivity index is 2.57. The van der Waals surface area contributed by atoms with E-state index in [4.69, 9.17) is 11.6 Å². The first kappa shape index (κ1) is 9.86. The SMILES string of the molecule is Clc1ccc(I)c(-c2ncccn2)c1. The van der Waals surface area contributed by atoms with E-state index in [1.807, 2.05) is 18.2 Å². The highest BCUT2D eigenvalue weighted by Gasteiger charge is 2.05. The molecule has 0 bridgehead atoms. The van der Waals surface area contributed by atoms with Crippen molar-refractivity contribution in [3.63, 3.8) is 0 Å². The molecule has 0 atom stereocenters. The van der Waals surface area contributed by atoms with Gasteiger partial charge in [-0.25, -0.2) is 9.97 Å². The molecule has 0 spiro atoms. The number of halogens is 2. The van der Waals surface area contributed by atoms with Gasteiger partial charge in [0, 0.05) is 26.5 Å². The highest BCUT2D eigenvalue weighted by atomic mass is 127. The number of aromatic nitrogens is 2. The van der Waals surface area contributed by atoms with Gasteiger partial charge in [0.25, 0.3) is 0 Å². The van der Waals surface area contributed by atoms with Crippen molar-refractivity contribution in [1.82, 2.24) is 9.97 Å².